The van der Waals surface area contributed by atoms with Crippen LogP contribution in [0.5, 0.6) is 5.75 Å². The summed E-state index contributed by atoms with van der Waals surface area (Å²) in [5.74, 6) is 0.571. The summed E-state index contributed by atoms with van der Waals surface area (Å²) in [6.45, 7) is 0. The molecule has 30 heavy (non-hydrogen) atoms. The number of fused-ring (bicyclic) bond motifs is 3. The number of phenolic OH excluding ortho intramolecular Hbond substituents is 1. The number of alkyl halides is 1. The van der Waals surface area contributed by atoms with Gasteiger partial charge in [0.1, 0.15) is 11.9 Å². The average Bonchev–Trinajstić information content (AvgIpc) is 3.17. The van der Waals surface area contributed by atoms with Crippen LogP contribution in [0, 0.1) is 0 Å². The second-order valence-corrected chi connectivity index (χ2v) is 8.37. The molecule has 156 valence electrons. The van der Waals surface area contributed by atoms with Gasteiger partial charge in [0.2, 0.25) is 0 Å². The fourth-order valence-electron chi connectivity index (χ4n) is 4.76. The molecule has 8 heteroatoms. The van der Waals surface area contributed by atoms with Crippen LogP contribution in [0.25, 0.3) is 22.0 Å². The summed E-state index contributed by atoms with van der Waals surface area (Å²) in [6.07, 6.45) is 3.39. The van der Waals surface area contributed by atoms with Gasteiger partial charge in [0.25, 0.3) is 5.56 Å². The molecule has 1 aromatic carbocycles. The molecule has 0 spiro atoms. The van der Waals surface area contributed by atoms with Gasteiger partial charge in [-0.15, -0.1) is 10.2 Å². The predicted molar refractivity (Wildman–Crippen MR) is 114 cm³/mol. The van der Waals surface area contributed by atoms with E-state index in [2.05, 4.69) is 15.5 Å². The molecule has 7 nitrogen and oxygen atoms in total. The molecule has 2 bridgehead atoms. The number of anilines is 1. The van der Waals surface area contributed by atoms with Gasteiger partial charge in [0.05, 0.1) is 17.1 Å². The summed E-state index contributed by atoms with van der Waals surface area (Å²) in [5, 5.41) is 23.6. The van der Waals surface area contributed by atoms with E-state index in [1.807, 2.05) is 18.0 Å². The lowest BCUT2D eigenvalue weighted by Gasteiger charge is -2.38. The Bertz CT molecular complexity index is 1160. The van der Waals surface area contributed by atoms with Gasteiger partial charge in [-0.05, 0) is 55.0 Å². The number of nitrogens with zero attached hydrogens (tertiary/aromatic N) is 4. The van der Waals surface area contributed by atoms with E-state index in [0.29, 0.717) is 28.5 Å². The lowest BCUT2D eigenvalue weighted by molar-refractivity contribution is 0.176. The van der Waals surface area contributed by atoms with Crippen molar-refractivity contribution in [1.29, 1.82) is 0 Å². The SMILES string of the molecule is CN(c1ccc(-c2cc3ccn(C)c(=O)c3cc2O)nn1)[C@@H]1CC2CCC(N2)[C@@H]1F. The van der Waals surface area contributed by atoms with E-state index >= 15 is 0 Å². The number of rotatable bonds is 3. The third-order valence-electron chi connectivity index (χ3n) is 6.54. The summed E-state index contributed by atoms with van der Waals surface area (Å²) in [4.78, 5) is 14.1. The van der Waals surface area contributed by atoms with Gasteiger partial charge in [-0.25, -0.2) is 4.39 Å². The largest absolute Gasteiger partial charge is 0.507 e. The third kappa shape index (κ3) is 3.02. The minimum absolute atomic E-state index is 0.0278. The van der Waals surface area contributed by atoms with Crippen LogP contribution in [0.2, 0.25) is 0 Å². The summed E-state index contributed by atoms with van der Waals surface area (Å²) >= 11 is 0. The zero-order chi connectivity index (χ0) is 21.0. The zero-order valence-electron chi connectivity index (χ0n) is 16.9. The molecule has 2 N–H and O–H groups in total. The second kappa shape index (κ2) is 7.05. The van der Waals surface area contributed by atoms with Gasteiger partial charge in [-0.3, -0.25) is 4.79 Å². The van der Waals surface area contributed by atoms with E-state index in [0.717, 1.165) is 24.6 Å². The molecule has 0 saturated carbocycles. The minimum Gasteiger partial charge on any atom is -0.507 e. The minimum atomic E-state index is -0.942. The molecule has 2 unspecified atom stereocenters. The lowest BCUT2D eigenvalue weighted by Crippen LogP contribution is -2.55. The second-order valence-electron chi connectivity index (χ2n) is 8.37. The molecule has 2 saturated heterocycles. The fraction of sp³-hybridized carbons (Fsp3) is 0.409. The Morgan fingerprint density at radius 3 is 2.83 bits per heavy atom. The number of hydrogen-bond acceptors (Lipinski definition) is 6. The quantitative estimate of drug-likeness (QED) is 0.691. The molecular weight excluding hydrogens is 385 g/mol. The highest BCUT2D eigenvalue weighted by Crippen LogP contribution is 2.34. The maximum atomic E-state index is 14.9. The smallest absolute Gasteiger partial charge is 0.258 e. The molecule has 4 heterocycles. The molecular formula is C22H24FN5O2. The molecule has 2 fully saturated rings. The van der Waals surface area contributed by atoms with E-state index < -0.39 is 6.17 Å². The van der Waals surface area contributed by atoms with E-state index in [9.17, 15) is 14.3 Å². The maximum Gasteiger partial charge on any atom is 0.258 e. The maximum absolute atomic E-state index is 14.9. The Morgan fingerprint density at radius 1 is 1.23 bits per heavy atom. The molecule has 4 atom stereocenters. The number of pyridine rings is 1. The fourth-order valence-corrected chi connectivity index (χ4v) is 4.76. The average molecular weight is 409 g/mol. The van der Waals surface area contributed by atoms with Crippen LogP contribution in [0.3, 0.4) is 0 Å². The first-order valence-electron chi connectivity index (χ1n) is 10.2. The standard InChI is InChI=1S/C22H24FN5O2/c1-27-8-7-12-9-15(19(29)11-14(12)22(27)30)16-5-6-20(26-25-16)28(2)18-10-13-3-4-17(24-13)21(18)23/h5-9,11,13,17-18,21,24,29H,3-4,10H2,1-2H3/t13?,17?,18-,21+/m1/s1. The van der Waals surface area contributed by atoms with Crippen molar-refractivity contribution in [3.8, 4) is 17.0 Å². The molecule has 2 aromatic heterocycles. The van der Waals surface area contributed by atoms with Crippen LogP contribution in [-0.4, -0.2) is 51.2 Å². The van der Waals surface area contributed by atoms with Gasteiger partial charge in [0.15, 0.2) is 5.82 Å². The van der Waals surface area contributed by atoms with Crippen molar-refractivity contribution in [3.05, 3.63) is 46.9 Å². The molecule has 0 radical (unpaired) electrons. The predicted octanol–water partition coefficient (Wildman–Crippen LogP) is 2.37. The van der Waals surface area contributed by atoms with Crippen molar-refractivity contribution in [2.45, 2.75) is 43.6 Å². The summed E-state index contributed by atoms with van der Waals surface area (Å²) in [6, 6.07) is 8.65. The molecule has 0 aliphatic carbocycles. The number of benzene rings is 1. The lowest BCUT2D eigenvalue weighted by atomic mass is 9.96. The number of piperidine rings is 1. The van der Waals surface area contributed by atoms with Crippen molar-refractivity contribution >= 4 is 16.6 Å². The Hall–Kier alpha value is -3.00. The monoisotopic (exact) mass is 409 g/mol. The number of aromatic hydroxyl groups is 1. The van der Waals surface area contributed by atoms with Gasteiger partial charge in [-0.2, -0.15) is 0 Å². The van der Waals surface area contributed by atoms with Crippen molar-refractivity contribution in [1.82, 2.24) is 20.1 Å². The first-order valence-corrected chi connectivity index (χ1v) is 10.2. The first kappa shape index (κ1) is 19.0. The van der Waals surface area contributed by atoms with Crippen LogP contribution >= 0.6 is 0 Å². The van der Waals surface area contributed by atoms with Crippen LogP contribution in [0.15, 0.2) is 41.3 Å². The number of aromatic nitrogens is 3. The highest BCUT2D eigenvalue weighted by Gasteiger charge is 2.43. The Labute approximate surface area is 173 Å². The molecule has 5 rings (SSSR count). The Kier molecular flexibility index (Phi) is 4.47. The third-order valence-corrected chi connectivity index (χ3v) is 6.54. The molecule has 2 aliphatic rings. The van der Waals surface area contributed by atoms with E-state index in [4.69, 9.17) is 0 Å². The number of hydrogen-bond donors (Lipinski definition) is 2. The zero-order valence-corrected chi connectivity index (χ0v) is 16.9. The normalized spacial score (nSPS) is 25.6. The summed E-state index contributed by atoms with van der Waals surface area (Å²) < 4.78 is 16.3. The first-order chi connectivity index (χ1) is 14.4. The van der Waals surface area contributed by atoms with Crippen molar-refractivity contribution < 1.29 is 9.50 Å². The van der Waals surface area contributed by atoms with Gasteiger partial charge in [-0.1, -0.05) is 0 Å². The Morgan fingerprint density at radius 2 is 2.07 bits per heavy atom. The molecule has 2 aliphatic heterocycles. The molecule has 3 aromatic rings. The number of halogens is 1. The van der Waals surface area contributed by atoms with E-state index in [1.165, 1.54) is 10.6 Å². The van der Waals surface area contributed by atoms with Gasteiger partial charge >= 0.3 is 0 Å². The number of phenols is 1. The van der Waals surface area contributed by atoms with Crippen LogP contribution in [0.1, 0.15) is 19.3 Å². The van der Waals surface area contributed by atoms with Crippen LogP contribution in [-0.2, 0) is 7.05 Å². The summed E-state index contributed by atoms with van der Waals surface area (Å²) in [5.41, 5.74) is 0.823. The number of nitrogens with one attached hydrogen (secondary N) is 1. The molecule has 0 amide bonds. The van der Waals surface area contributed by atoms with E-state index in [1.54, 1.807) is 31.4 Å². The Balaban J connectivity index is 1.44. The highest BCUT2D eigenvalue weighted by molar-refractivity contribution is 5.89. The topological polar surface area (TPSA) is 83.3 Å². The highest BCUT2D eigenvalue weighted by atomic mass is 19.1. The van der Waals surface area contributed by atoms with E-state index in [-0.39, 0.29) is 23.4 Å². The van der Waals surface area contributed by atoms with Crippen molar-refractivity contribution in [2.24, 2.45) is 7.05 Å². The van der Waals surface area contributed by atoms with Crippen LogP contribution in [0.4, 0.5) is 10.2 Å². The van der Waals surface area contributed by atoms with Crippen LogP contribution < -0.4 is 15.8 Å². The van der Waals surface area contributed by atoms with Crippen molar-refractivity contribution in [2.75, 3.05) is 11.9 Å². The summed E-state index contributed by atoms with van der Waals surface area (Å²) in [7, 11) is 3.53. The van der Waals surface area contributed by atoms with Gasteiger partial charge < -0.3 is 19.9 Å². The number of aryl methyl sites for hydroxylation is 1. The van der Waals surface area contributed by atoms with Crippen molar-refractivity contribution in [3.63, 3.8) is 0 Å². The van der Waals surface area contributed by atoms with Gasteiger partial charge in [0, 0.05) is 37.9 Å².